The summed E-state index contributed by atoms with van der Waals surface area (Å²) in [5.41, 5.74) is 1.48. The number of hydrogen-bond donors (Lipinski definition) is 1. The standard InChI is InChI=1S/C13H17FN4/c1-13(2,3)15-8-11-9-16-18(17-11)12-6-4-5-10(14)7-12/h4-7,9,15H,8H2,1-3H3. The number of nitrogens with one attached hydrogen (secondary N) is 1. The lowest BCUT2D eigenvalue weighted by molar-refractivity contribution is 0.420. The van der Waals surface area contributed by atoms with Gasteiger partial charge in [-0.05, 0) is 32.9 Å². The fourth-order valence-electron chi connectivity index (χ4n) is 1.46. The molecule has 0 atom stereocenters. The number of nitrogens with zero attached hydrogens (tertiary/aromatic N) is 3. The summed E-state index contributed by atoms with van der Waals surface area (Å²) in [6, 6.07) is 6.21. The van der Waals surface area contributed by atoms with Crippen LogP contribution in [0.15, 0.2) is 30.5 Å². The summed E-state index contributed by atoms with van der Waals surface area (Å²) in [6.45, 7) is 6.90. The summed E-state index contributed by atoms with van der Waals surface area (Å²) in [5.74, 6) is -0.292. The Morgan fingerprint density at radius 1 is 1.33 bits per heavy atom. The van der Waals surface area contributed by atoms with E-state index in [1.807, 2.05) is 0 Å². The number of hydrogen-bond acceptors (Lipinski definition) is 3. The van der Waals surface area contributed by atoms with Crippen LogP contribution in [0, 0.1) is 5.82 Å². The van der Waals surface area contributed by atoms with E-state index in [0.717, 1.165) is 5.69 Å². The topological polar surface area (TPSA) is 42.7 Å². The zero-order chi connectivity index (χ0) is 13.2. The average Bonchev–Trinajstić information content (AvgIpc) is 2.74. The monoisotopic (exact) mass is 248 g/mol. The predicted octanol–water partition coefficient (Wildman–Crippen LogP) is 2.29. The summed E-state index contributed by atoms with van der Waals surface area (Å²) in [5, 5.41) is 11.8. The second kappa shape index (κ2) is 4.86. The first-order chi connectivity index (χ1) is 8.44. The Morgan fingerprint density at radius 2 is 2.11 bits per heavy atom. The molecule has 18 heavy (non-hydrogen) atoms. The lowest BCUT2D eigenvalue weighted by Crippen LogP contribution is -2.35. The van der Waals surface area contributed by atoms with Crippen LogP contribution in [0.2, 0.25) is 0 Å². The number of halogens is 1. The third kappa shape index (κ3) is 3.37. The van der Waals surface area contributed by atoms with Gasteiger partial charge in [-0.25, -0.2) is 4.39 Å². The van der Waals surface area contributed by atoms with Gasteiger partial charge < -0.3 is 5.32 Å². The molecule has 96 valence electrons. The maximum atomic E-state index is 13.1. The Bertz CT molecular complexity index is 528. The van der Waals surface area contributed by atoms with Crippen LogP contribution < -0.4 is 5.32 Å². The molecule has 0 bridgehead atoms. The summed E-state index contributed by atoms with van der Waals surface area (Å²) in [4.78, 5) is 1.43. The van der Waals surface area contributed by atoms with Gasteiger partial charge in [0, 0.05) is 18.2 Å². The Hall–Kier alpha value is -1.75. The average molecular weight is 248 g/mol. The Balaban J connectivity index is 2.11. The van der Waals surface area contributed by atoms with E-state index in [9.17, 15) is 4.39 Å². The van der Waals surface area contributed by atoms with E-state index in [0.29, 0.717) is 12.2 Å². The highest BCUT2D eigenvalue weighted by Gasteiger charge is 2.10. The maximum absolute atomic E-state index is 13.1. The quantitative estimate of drug-likeness (QED) is 0.906. The lowest BCUT2D eigenvalue weighted by atomic mass is 10.1. The Morgan fingerprint density at radius 3 is 2.78 bits per heavy atom. The molecule has 0 saturated heterocycles. The van der Waals surface area contributed by atoms with E-state index < -0.39 is 0 Å². The summed E-state index contributed by atoms with van der Waals surface area (Å²) >= 11 is 0. The molecule has 0 unspecified atom stereocenters. The highest BCUT2D eigenvalue weighted by atomic mass is 19.1. The number of rotatable bonds is 3. The molecule has 0 saturated carbocycles. The van der Waals surface area contributed by atoms with Crippen molar-refractivity contribution in [2.24, 2.45) is 0 Å². The molecule has 0 aliphatic carbocycles. The van der Waals surface area contributed by atoms with Crippen molar-refractivity contribution in [1.82, 2.24) is 20.3 Å². The van der Waals surface area contributed by atoms with E-state index in [4.69, 9.17) is 0 Å². The molecule has 0 spiro atoms. The van der Waals surface area contributed by atoms with Crippen molar-refractivity contribution in [2.45, 2.75) is 32.9 Å². The molecule has 4 nitrogen and oxygen atoms in total. The van der Waals surface area contributed by atoms with Crippen LogP contribution in [0.25, 0.3) is 5.69 Å². The van der Waals surface area contributed by atoms with Gasteiger partial charge in [0.15, 0.2) is 0 Å². The number of aromatic nitrogens is 3. The van der Waals surface area contributed by atoms with Gasteiger partial charge in [0.1, 0.15) is 5.82 Å². The smallest absolute Gasteiger partial charge is 0.125 e. The van der Waals surface area contributed by atoms with Crippen LogP contribution >= 0.6 is 0 Å². The molecule has 0 aliphatic heterocycles. The first kappa shape index (κ1) is 12.7. The van der Waals surface area contributed by atoms with Gasteiger partial charge in [0.05, 0.1) is 17.6 Å². The van der Waals surface area contributed by atoms with Gasteiger partial charge in [-0.1, -0.05) is 6.07 Å². The molecule has 5 heteroatoms. The molecular weight excluding hydrogens is 231 g/mol. The predicted molar refractivity (Wildman–Crippen MR) is 67.9 cm³/mol. The van der Waals surface area contributed by atoms with Crippen LogP contribution in [0.3, 0.4) is 0 Å². The largest absolute Gasteiger partial charge is 0.306 e. The zero-order valence-corrected chi connectivity index (χ0v) is 10.8. The molecule has 0 aliphatic rings. The van der Waals surface area contributed by atoms with Crippen molar-refractivity contribution in [1.29, 1.82) is 0 Å². The fourth-order valence-corrected chi connectivity index (χ4v) is 1.46. The lowest BCUT2D eigenvalue weighted by Gasteiger charge is -2.19. The molecule has 1 N–H and O–H groups in total. The molecule has 2 rings (SSSR count). The first-order valence-corrected chi connectivity index (χ1v) is 5.86. The van der Waals surface area contributed by atoms with Crippen molar-refractivity contribution in [3.8, 4) is 5.69 Å². The highest BCUT2D eigenvalue weighted by Crippen LogP contribution is 2.08. The summed E-state index contributed by atoms with van der Waals surface area (Å²) in [6.07, 6.45) is 1.68. The van der Waals surface area contributed by atoms with E-state index in [-0.39, 0.29) is 11.4 Å². The molecule has 0 radical (unpaired) electrons. The van der Waals surface area contributed by atoms with E-state index in [1.165, 1.54) is 16.9 Å². The third-order valence-corrected chi connectivity index (χ3v) is 2.38. The van der Waals surface area contributed by atoms with Crippen molar-refractivity contribution in [2.75, 3.05) is 0 Å². The van der Waals surface area contributed by atoms with E-state index in [1.54, 1.807) is 18.3 Å². The summed E-state index contributed by atoms with van der Waals surface area (Å²) in [7, 11) is 0. The van der Waals surface area contributed by atoms with E-state index in [2.05, 4.69) is 36.3 Å². The minimum absolute atomic E-state index is 0.0304. The Labute approximate surface area is 106 Å². The second-order valence-electron chi connectivity index (χ2n) is 5.21. The SMILES string of the molecule is CC(C)(C)NCc1cnn(-c2cccc(F)c2)n1. The molecular formula is C13H17FN4. The van der Waals surface area contributed by atoms with Crippen LogP contribution in [0.1, 0.15) is 26.5 Å². The normalized spacial score (nSPS) is 11.8. The van der Waals surface area contributed by atoms with Crippen molar-refractivity contribution >= 4 is 0 Å². The summed E-state index contributed by atoms with van der Waals surface area (Å²) < 4.78 is 13.1. The second-order valence-corrected chi connectivity index (χ2v) is 5.21. The van der Waals surface area contributed by atoms with Gasteiger partial charge in [-0.2, -0.15) is 15.0 Å². The first-order valence-electron chi connectivity index (χ1n) is 5.86. The van der Waals surface area contributed by atoms with Crippen molar-refractivity contribution in [3.63, 3.8) is 0 Å². The van der Waals surface area contributed by atoms with Crippen LogP contribution in [-0.4, -0.2) is 20.5 Å². The fraction of sp³-hybridized carbons (Fsp3) is 0.385. The van der Waals surface area contributed by atoms with Gasteiger partial charge in [-0.15, -0.1) is 0 Å². The molecule has 1 aromatic heterocycles. The van der Waals surface area contributed by atoms with Gasteiger partial charge in [0.2, 0.25) is 0 Å². The molecule has 1 aromatic carbocycles. The van der Waals surface area contributed by atoms with Crippen LogP contribution in [0.5, 0.6) is 0 Å². The third-order valence-electron chi connectivity index (χ3n) is 2.38. The van der Waals surface area contributed by atoms with E-state index >= 15 is 0 Å². The van der Waals surface area contributed by atoms with Gasteiger partial charge in [-0.3, -0.25) is 0 Å². The van der Waals surface area contributed by atoms with Crippen LogP contribution in [0.4, 0.5) is 4.39 Å². The molecule has 2 aromatic rings. The molecule has 1 heterocycles. The number of benzene rings is 1. The molecule has 0 amide bonds. The van der Waals surface area contributed by atoms with Crippen molar-refractivity contribution < 1.29 is 4.39 Å². The maximum Gasteiger partial charge on any atom is 0.125 e. The zero-order valence-electron chi connectivity index (χ0n) is 10.8. The van der Waals surface area contributed by atoms with Gasteiger partial charge in [0.25, 0.3) is 0 Å². The van der Waals surface area contributed by atoms with Crippen LogP contribution in [-0.2, 0) is 6.54 Å². The minimum atomic E-state index is -0.292. The van der Waals surface area contributed by atoms with Gasteiger partial charge >= 0.3 is 0 Å². The molecule has 0 fully saturated rings. The minimum Gasteiger partial charge on any atom is -0.306 e. The Kier molecular flexibility index (Phi) is 3.43. The van der Waals surface area contributed by atoms with Crippen molar-refractivity contribution in [3.05, 3.63) is 42.0 Å². The highest BCUT2D eigenvalue weighted by molar-refractivity contribution is 5.29.